The molecular formula is C31H35F3N4O3SU. The van der Waals surface area contributed by atoms with E-state index in [4.69, 9.17) is 4.98 Å². The van der Waals surface area contributed by atoms with E-state index in [9.17, 15) is 27.9 Å². The fourth-order valence-corrected chi connectivity index (χ4v) is 5.85. The number of aromatic hydroxyl groups is 1. The molecule has 12 heteroatoms. The van der Waals surface area contributed by atoms with Gasteiger partial charge < -0.3 is 22.2 Å². The number of phenolic OH excluding ortho intramolecular Hbond substituents is 1. The number of amides is 1. The van der Waals surface area contributed by atoms with Gasteiger partial charge in [-0.1, -0.05) is 30.2 Å². The number of aromatic nitrogens is 2. The summed E-state index contributed by atoms with van der Waals surface area (Å²) in [7, 11) is 0. The number of nitrogens with one attached hydrogen (secondary N) is 1. The van der Waals surface area contributed by atoms with E-state index in [-0.39, 0.29) is 61.4 Å². The molecule has 1 saturated carbocycles. The van der Waals surface area contributed by atoms with Crippen molar-refractivity contribution in [3.8, 4) is 11.4 Å². The Bertz CT molecular complexity index is 1380. The summed E-state index contributed by atoms with van der Waals surface area (Å²) in [6.45, 7) is 5.77. The van der Waals surface area contributed by atoms with Gasteiger partial charge in [-0.05, 0) is 50.1 Å². The molecule has 2 aromatic carbocycles. The van der Waals surface area contributed by atoms with Crippen molar-refractivity contribution in [1.82, 2.24) is 19.8 Å². The van der Waals surface area contributed by atoms with Crippen LogP contribution in [0.5, 0.6) is 5.75 Å². The third-order valence-corrected chi connectivity index (χ3v) is 8.45. The van der Waals surface area contributed by atoms with E-state index in [2.05, 4.69) is 18.3 Å². The minimum absolute atomic E-state index is 0. The van der Waals surface area contributed by atoms with Gasteiger partial charge in [-0.15, -0.1) is 0 Å². The van der Waals surface area contributed by atoms with Gasteiger partial charge in [-0.3, -0.25) is 14.2 Å². The maximum Gasteiger partial charge on any atom is 2.00 e. The molecule has 2 aliphatic rings. The van der Waals surface area contributed by atoms with Crippen LogP contribution in [-0.2, 0) is 23.9 Å². The molecule has 7 nitrogen and oxygen atoms in total. The van der Waals surface area contributed by atoms with Gasteiger partial charge in [0.15, 0.2) is 5.16 Å². The summed E-state index contributed by atoms with van der Waals surface area (Å²) in [4.78, 5) is 32.9. The number of carbonyl (C=O) groups is 1. The molecule has 0 unspecified atom stereocenters. The SMILES string of the molecule is FC(F)(F)c1cc[c-]cc1.[CH2-]CCCCNCC(=O)N1CCc2nc(SC3CCC3)n(-c3ccc(O)cc3)c(=O)c2C1.[U+2]. The first kappa shape index (κ1) is 35.2. The zero-order chi connectivity index (χ0) is 30.1. The molecular weight excluding hydrogens is 803 g/mol. The maximum absolute atomic E-state index is 13.6. The summed E-state index contributed by atoms with van der Waals surface area (Å²) in [5, 5.41) is 14.1. The summed E-state index contributed by atoms with van der Waals surface area (Å²) in [5.41, 5.74) is 1.32. The molecule has 0 spiro atoms. The average Bonchev–Trinajstić information content (AvgIpc) is 2.96. The number of phenols is 1. The smallest absolute Gasteiger partial charge is 0.508 e. The Kier molecular flexibility index (Phi) is 13.7. The number of thioether (sulfide) groups is 1. The summed E-state index contributed by atoms with van der Waals surface area (Å²) in [5.74, 6) is 0.161. The molecule has 1 amide bonds. The fourth-order valence-electron chi connectivity index (χ4n) is 4.52. The van der Waals surface area contributed by atoms with Gasteiger partial charge in [0.1, 0.15) is 5.75 Å². The number of alkyl halides is 3. The quantitative estimate of drug-likeness (QED) is 0.167. The van der Waals surface area contributed by atoms with Crippen LogP contribution in [0.3, 0.4) is 0 Å². The van der Waals surface area contributed by atoms with E-state index in [0.717, 1.165) is 56.5 Å². The van der Waals surface area contributed by atoms with Crippen molar-refractivity contribution in [2.24, 2.45) is 0 Å². The van der Waals surface area contributed by atoms with E-state index >= 15 is 0 Å². The topological polar surface area (TPSA) is 87.5 Å². The Labute approximate surface area is 278 Å². The summed E-state index contributed by atoms with van der Waals surface area (Å²) in [6, 6.07) is 13.6. The molecule has 228 valence electrons. The molecule has 0 saturated heterocycles. The third kappa shape index (κ3) is 9.87. The minimum atomic E-state index is -4.23. The number of carbonyl (C=O) groups excluding carboxylic acids is 1. The van der Waals surface area contributed by atoms with Crippen molar-refractivity contribution >= 4 is 17.7 Å². The van der Waals surface area contributed by atoms with Crippen LogP contribution in [0.2, 0.25) is 0 Å². The van der Waals surface area contributed by atoms with Gasteiger partial charge in [-0.2, -0.15) is 49.9 Å². The molecule has 43 heavy (non-hydrogen) atoms. The largest absolute Gasteiger partial charge is 2.00 e. The normalized spacial score (nSPS) is 14.6. The van der Waals surface area contributed by atoms with Crippen LogP contribution < -0.4 is 10.9 Å². The molecule has 0 bridgehead atoms. The van der Waals surface area contributed by atoms with Crippen molar-refractivity contribution in [1.29, 1.82) is 0 Å². The second-order valence-corrected chi connectivity index (χ2v) is 11.5. The summed E-state index contributed by atoms with van der Waals surface area (Å²) < 4.78 is 37.0. The minimum Gasteiger partial charge on any atom is -0.508 e. The van der Waals surface area contributed by atoms with Crippen molar-refractivity contribution < 1.29 is 54.2 Å². The second-order valence-electron chi connectivity index (χ2n) is 10.2. The Morgan fingerprint density at radius 1 is 1.14 bits per heavy atom. The molecule has 1 aliphatic carbocycles. The number of fused-ring (bicyclic) bond motifs is 1. The number of unbranched alkanes of at least 4 members (excludes halogenated alkanes) is 2. The summed E-state index contributed by atoms with van der Waals surface area (Å²) >= 11 is 1.66. The first-order valence-electron chi connectivity index (χ1n) is 14.1. The standard InChI is InChI=1S/C24H31N4O3S.C7H4F3.U/c1-2-3-4-13-25-15-22(30)27-14-12-21-20(16-27)23(31)28(17-8-10-18(29)11-9-17)24(26-21)32-19-6-5-7-19;8-7(9,10)6-4-2-1-3-5-6;/h8-11,19,25,29H,1-7,12-16H2;2-5H;/q2*-1;+2. The van der Waals surface area contributed by atoms with Crippen LogP contribution in [-0.4, -0.2) is 50.3 Å². The van der Waals surface area contributed by atoms with Gasteiger partial charge in [0.05, 0.1) is 30.0 Å². The number of halogens is 3. The van der Waals surface area contributed by atoms with Gasteiger partial charge in [0.25, 0.3) is 5.56 Å². The van der Waals surface area contributed by atoms with Crippen LogP contribution in [0.25, 0.3) is 5.69 Å². The molecule has 2 heterocycles. The Morgan fingerprint density at radius 3 is 2.42 bits per heavy atom. The van der Waals surface area contributed by atoms with Gasteiger partial charge in [0.2, 0.25) is 5.91 Å². The molecule has 1 aromatic heterocycles. The monoisotopic (exact) mass is 838 g/mol. The van der Waals surface area contributed by atoms with Crippen molar-refractivity contribution in [3.63, 3.8) is 0 Å². The van der Waals surface area contributed by atoms with E-state index in [1.54, 1.807) is 45.5 Å². The van der Waals surface area contributed by atoms with Crippen LogP contribution in [0.4, 0.5) is 13.2 Å². The van der Waals surface area contributed by atoms with E-state index in [1.807, 2.05) is 0 Å². The van der Waals surface area contributed by atoms with E-state index in [1.165, 1.54) is 18.6 Å². The van der Waals surface area contributed by atoms with Gasteiger partial charge >= 0.3 is 37.3 Å². The Morgan fingerprint density at radius 2 is 1.84 bits per heavy atom. The number of nitrogens with zero attached hydrogens (tertiary/aromatic N) is 3. The van der Waals surface area contributed by atoms with E-state index < -0.39 is 11.7 Å². The second kappa shape index (κ2) is 16.7. The zero-order valence-electron chi connectivity index (χ0n) is 23.8. The molecule has 0 radical (unpaired) electrons. The van der Waals surface area contributed by atoms with Crippen LogP contribution >= 0.6 is 11.8 Å². The predicted octanol–water partition coefficient (Wildman–Crippen LogP) is 5.57. The van der Waals surface area contributed by atoms with Gasteiger partial charge in [-0.25, -0.2) is 4.98 Å². The molecule has 3 aromatic rings. The molecule has 5 rings (SSSR count). The van der Waals surface area contributed by atoms with Crippen molar-refractivity contribution in [2.45, 2.75) is 68.1 Å². The van der Waals surface area contributed by atoms with Crippen LogP contribution in [0, 0.1) is 44.1 Å². The predicted molar refractivity (Wildman–Crippen MR) is 156 cm³/mol. The molecule has 1 aliphatic heterocycles. The van der Waals surface area contributed by atoms with E-state index in [0.29, 0.717) is 34.6 Å². The average molecular weight is 839 g/mol. The molecule has 1 fully saturated rings. The Hall–Kier alpha value is -2.26. The van der Waals surface area contributed by atoms with Crippen molar-refractivity contribution in [2.75, 3.05) is 19.6 Å². The number of rotatable bonds is 9. The molecule has 0 atom stereocenters. The molecule has 2 N–H and O–H groups in total. The Balaban J connectivity index is 0.000000392. The first-order valence-corrected chi connectivity index (χ1v) is 15.0. The third-order valence-electron chi connectivity index (χ3n) is 7.16. The van der Waals surface area contributed by atoms with Gasteiger partial charge in [0, 0.05) is 18.2 Å². The van der Waals surface area contributed by atoms with Crippen LogP contribution in [0.1, 0.15) is 55.3 Å². The number of hydrogen-bond donors (Lipinski definition) is 2. The fraction of sp³-hybridized carbons (Fsp3) is 0.419. The number of benzene rings is 2. The number of hydrogen-bond acceptors (Lipinski definition) is 6. The van der Waals surface area contributed by atoms with Crippen molar-refractivity contribution in [3.05, 3.63) is 88.7 Å². The summed E-state index contributed by atoms with van der Waals surface area (Å²) in [6.07, 6.45) is 2.80. The maximum atomic E-state index is 13.6. The zero-order valence-corrected chi connectivity index (χ0v) is 28.8. The first-order chi connectivity index (χ1) is 20.2. The van der Waals surface area contributed by atoms with Crippen LogP contribution in [0.15, 0.2) is 58.5 Å².